The second-order valence-corrected chi connectivity index (χ2v) is 9.55. The van der Waals surface area contributed by atoms with E-state index in [9.17, 15) is 4.79 Å². The van der Waals surface area contributed by atoms with E-state index in [0.29, 0.717) is 12.0 Å². The van der Waals surface area contributed by atoms with Crippen LogP contribution in [0.25, 0.3) is 0 Å². The van der Waals surface area contributed by atoms with Crippen LogP contribution >= 0.6 is 34.7 Å². The number of carbonyl (C=O) groups excluding carboxylic acids is 1. The Morgan fingerprint density at radius 2 is 2.00 bits per heavy atom. The molecule has 0 saturated carbocycles. The van der Waals surface area contributed by atoms with Gasteiger partial charge in [0, 0.05) is 27.9 Å². The molecule has 132 valence electrons. The predicted octanol–water partition coefficient (Wildman–Crippen LogP) is 4.77. The second kappa shape index (κ2) is 7.31. The minimum Gasteiger partial charge on any atom is -0.347 e. The van der Waals surface area contributed by atoms with Crippen molar-refractivity contribution in [3.63, 3.8) is 0 Å². The molecule has 3 fully saturated rings. The van der Waals surface area contributed by atoms with E-state index in [0.717, 1.165) is 19.7 Å². The summed E-state index contributed by atoms with van der Waals surface area (Å²) in [5.41, 5.74) is 0.734. The Bertz CT molecular complexity index is 751. The number of fused-ring (bicyclic) bond motifs is 3. The van der Waals surface area contributed by atoms with Crippen molar-refractivity contribution in [1.29, 1.82) is 0 Å². The van der Waals surface area contributed by atoms with Gasteiger partial charge in [0.05, 0.1) is 9.23 Å². The molecule has 2 aromatic rings. The van der Waals surface area contributed by atoms with E-state index in [1.807, 2.05) is 35.7 Å². The van der Waals surface area contributed by atoms with Crippen LogP contribution in [0.15, 0.2) is 44.8 Å². The van der Waals surface area contributed by atoms with Gasteiger partial charge in [-0.25, -0.2) is 0 Å². The highest BCUT2D eigenvalue weighted by Crippen LogP contribution is 2.35. The lowest BCUT2D eigenvalue weighted by Crippen LogP contribution is -2.62. The second-order valence-electron chi connectivity index (χ2n) is 6.82. The van der Waals surface area contributed by atoms with Crippen LogP contribution in [0.5, 0.6) is 0 Å². The lowest BCUT2D eigenvalue weighted by atomic mass is 9.79. The maximum Gasteiger partial charge on any atom is 0.251 e. The van der Waals surface area contributed by atoms with Crippen LogP contribution in [-0.4, -0.2) is 36.0 Å². The summed E-state index contributed by atoms with van der Waals surface area (Å²) >= 11 is 9.27. The summed E-state index contributed by atoms with van der Waals surface area (Å²) in [5.74, 6) is 0.670. The number of halogens is 1. The summed E-state index contributed by atoms with van der Waals surface area (Å²) in [4.78, 5) is 16.3. The molecule has 25 heavy (non-hydrogen) atoms. The van der Waals surface area contributed by atoms with Crippen molar-refractivity contribution in [2.24, 2.45) is 5.92 Å². The van der Waals surface area contributed by atoms with E-state index < -0.39 is 0 Å². The summed E-state index contributed by atoms with van der Waals surface area (Å²) < 4.78 is 1.16. The van der Waals surface area contributed by atoms with Gasteiger partial charge in [-0.1, -0.05) is 23.4 Å². The molecule has 0 radical (unpaired) electrons. The van der Waals surface area contributed by atoms with Crippen molar-refractivity contribution in [3.05, 3.63) is 46.3 Å². The third-order valence-corrected chi connectivity index (χ3v) is 7.79. The van der Waals surface area contributed by atoms with E-state index in [-0.39, 0.29) is 11.9 Å². The molecule has 2 atom stereocenters. The monoisotopic (exact) mass is 392 g/mol. The summed E-state index contributed by atoms with van der Waals surface area (Å²) in [6.07, 6.45) is 2.41. The van der Waals surface area contributed by atoms with Crippen LogP contribution in [-0.2, 0) is 0 Å². The average molecular weight is 393 g/mol. The third kappa shape index (κ3) is 3.75. The van der Waals surface area contributed by atoms with Gasteiger partial charge in [0.1, 0.15) is 0 Å². The summed E-state index contributed by atoms with van der Waals surface area (Å²) in [5, 5.41) is 5.99. The molecular formula is C19H21ClN2OS2. The molecule has 3 aliphatic heterocycles. The molecule has 2 bridgehead atoms. The van der Waals surface area contributed by atoms with Crippen molar-refractivity contribution < 1.29 is 4.79 Å². The number of rotatable bonds is 4. The van der Waals surface area contributed by atoms with Crippen LogP contribution < -0.4 is 5.32 Å². The highest BCUT2D eigenvalue weighted by molar-refractivity contribution is 8.01. The first kappa shape index (κ1) is 17.4. The minimum atomic E-state index is 0.0429. The minimum absolute atomic E-state index is 0.0429. The largest absolute Gasteiger partial charge is 0.347 e. The average Bonchev–Trinajstić information content (AvgIpc) is 3.04. The van der Waals surface area contributed by atoms with Crippen molar-refractivity contribution >= 4 is 40.6 Å². The van der Waals surface area contributed by atoms with E-state index in [2.05, 4.69) is 17.1 Å². The van der Waals surface area contributed by atoms with E-state index in [4.69, 9.17) is 11.6 Å². The number of hydrogen-bond acceptors (Lipinski definition) is 4. The van der Waals surface area contributed by atoms with Gasteiger partial charge in [-0.3, -0.25) is 9.69 Å². The number of nitrogens with one attached hydrogen (secondary N) is 1. The third-order valence-electron chi connectivity index (χ3n) is 5.35. The topological polar surface area (TPSA) is 32.3 Å². The number of carbonyl (C=O) groups is 1. The molecule has 1 aromatic carbocycles. The molecule has 1 amide bonds. The van der Waals surface area contributed by atoms with Gasteiger partial charge in [-0.2, -0.15) is 0 Å². The fourth-order valence-electron chi connectivity index (χ4n) is 3.92. The fraction of sp³-hybridized carbons (Fsp3) is 0.421. The van der Waals surface area contributed by atoms with E-state index in [1.165, 1.54) is 25.9 Å². The fourth-order valence-corrected chi connectivity index (χ4v) is 6.10. The molecule has 4 heterocycles. The first-order chi connectivity index (χ1) is 12.1. The van der Waals surface area contributed by atoms with Gasteiger partial charge in [0.15, 0.2) is 0 Å². The molecule has 3 nitrogen and oxygen atoms in total. The molecule has 0 spiro atoms. The molecule has 6 heteroatoms. The van der Waals surface area contributed by atoms with Crippen LogP contribution in [0, 0.1) is 5.92 Å². The quantitative estimate of drug-likeness (QED) is 0.813. The maximum absolute atomic E-state index is 12.7. The van der Waals surface area contributed by atoms with Gasteiger partial charge in [0.25, 0.3) is 5.91 Å². The standard InChI is InChI=1S/C19H21ClN2OS2/c1-12-18(13-6-8-22(12)9-7-13)21-19(23)14-2-4-16(5-3-14)25-17-10-15(20)11-24-17/h2-5,10-13,18H,6-9H2,1H3,(H,21,23)/t12-,18+/m1/s1. The summed E-state index contributed by atoms with van der Waals surface area (Å²) in [6.45, 7) is 4.59. The first-order valence-corrected chi connectivity index (χ1v) is 10.7. The van der Waals surface area contributed by atoms with Crippen molar-refractivity contribution in [2.75, 3.05) is 13.1 Å². The molecule has 5 rings (SSSR count). The van der Waals surface area contributed by atoms with Crippen LogP contribution in [0.1, 0.15) is 30.1 Å². The zero-order valence-electron chi connectivity index (χ0n) is 14.1. The van der Waals surface area contributed by atoms with Crippen LogP contribution in [0.2, 0.25) is 5.02 Å². The number of nitrogens with zero attached hydrogens (tertiary/aromatic N) is 1. The predicted molar refractivity (Wildman–Crippen MR) is 105 cm³/mol. The highest BCUT2D eigenvalue weighted by Gasteiger charge is 2.40. The Hall–Kier alpha value is -1.01. The van der Waals surface area contributed by atoms with Gasteiger partial charge in [-0.05, 0) is 69.1 Å². The Morgan fingerprint density at radius 1 is 1.28 bits per heavy atom. The van der Waals surface area contributed by atoms with Crippen molar-refractivity contribution in [3.8, 4) is 0 Å². The van der Waals surface area contributed by atoms with Gasteiger partial charge in [0.2, 0.25) is 0 Å². The number of thiophene rings is 1. The van der Waals surface area contributed by atoms with Gasteiger partial charge < -0.3 is 5.32 Å². The van der Waals surface area contributed by atoms with Crippen molar-refractivity contribution in [2.45, 2.75) is 41.0 Å². The van der Waals surface area contributed by atoms with Gasteiger partial charge >= 0.3 is 0 Å². The normalized spacial score (nSPS) is 28.1. The summed E-state index contributed by atoms with van der Waals surface area (Å²) in [7, 11) is 0. The number of piperidine rings is 3. The van der Waals surface area contributed by atoms with Gasteiger partial charge in [-0.15, -0.1) is 11.3 Å². The maximum atomic E-state index is 12.7. The Kier molecular flexibility index (Phi) is 5.09. The molecule has 1 N–H and O–H groups in total. The lowest BCUT2D eigenvalue weighted by molar-refractivity contribution is 0.0217. The van der Waals surface area contributed by atoms with E-state index in [1.54, 1.807) is 23.1 Å². The van der Waals surface area contributed by atoms with Crippen LogP contribution in [0.3, 0.4) is 0 Å². The Balaban J connectivity index is 1.40. The molecule has 0 aliphatic carbocycles. The van der Waals surface area contributed by atoms with E-state index >= 15 is 0 Å². The molecule has 3 saturated heterocycles. The van der Waals surface area contributed by atoms with Crippen molar-refractivity contribution in [1.82, 2.24) is 10.2 Å². The summed E-state index contributed by atoms with van der Waals surface area (Å²) in [6, 6.07) is 10.5. The number of amides is 1. The zero-order chi connectivity index (χ0) is 17.4. The molecule has 3 aliphatic rings. The lowest BCUT2D eigenvalue weighted by Gasteiger charge is -2.49. The molecule has 0 unspecified atom stereocenters. The smallest absolute Gasteiger partial charge is 0.251 e. The Morgan fingerprint density at radius 3 is 2.60 bits per heavy atom. The highest BCUT2D eigenvalue weighted by atomic mass is 35.5. The number of benzene rings is 1. The SMILES string of the molecule is C[C@@H]1[C@H](NC(=O)c2ccc(Sc3cc(Cl)cs3)cc2)C2CCN1CC2. The number of hydrogen-bond donors (Lipinski definition) is 1. The first-order valence-electron chi connectivity index (χ1n) is 8.67. The van der Waals surface area contributed by atoms with Crippen LogP contribution in [0.4, 0.5) is 0 Å². The molecule has 1 aromatic heterocycles. The zero-order valence-corrected chi connectivity index (χ0v) is 16.5. The molecular weight excluding hydrogens is 372 g/mol. The Labute approximate surface area is 161 Å².